The van der Waals surface area contributed by atoms with Gasteiger partial charge in [-0.05, 0) is 0 Å². The Morgan fingerprint density at radius 3 is 2.44 bits per heavy atom. The zero-order chi connectivity index (χ0) is 5.11. The van der Waals surface area contributed by atoms with Crippen molar-refractivity contribution < 1.29 is 17.0 Å². The first kappa shape index (κ1) is 11.9. The second-order valence-corrected chi connectivity index (χ2v) is 1.17. The molecule has 2 nitrogen and oxygen atoms in total. The van der Waals surface area contributed by atoms with E-state index in [0.29, 0.717) is 5.82 Å². The zero-order valence-electron chi connectivity index (χ0n) is 4.84. The molecule has 0 saturated heterocycles. The number of anilines is 1. The molecule has 0 amide bonds. The van der Waals surface area contributed by atoms with Crippen LogP contribution >= 0.6 is 0 Å². The number of nitrogens with two attached hydrogens (primary N) is 1. The molecule has 9 heavy (non-hydrogen) atoms. The van der Waals surface area contributed by atoms with Crippen molar-refractivity contribution in [2.24, 2.45) is 0 Å². The summed E-state index contributed by atoms with van der Waals surface area (Å²) >= 11 is 0. The SMILES string of the molecule is Nc1[c-]cccn1.[Br-].[Mg+2]. The quantitative estimate of drug-likeness (QED) is 0.358. The van der Waals surface area contributed by atoms with Crippen LogP contribution in [0.1, 0.15) is 0 Å². The molecule has 0 aromatic carbocycles. The maximum Gasteiger partial charge on any atom is 2.00 e. The summed E-state index contributed by atoms with van der Waals surface area (Å²) in [4.78, 5) is 3.70. The minimum Gasteiger partial charge on any atom is -1.00 e. The molecule has 0 bridgehead atoms. The Hall–Kier alpha value is 0.196. The zero-order valence-corrected chi connectivity index (χ0v) is 7.84. The Labute approximate surface area is 80.8 Å². The van der Waals surface area contributed by atoms with E-state index in [9.17, 15) is 0 Å². The minimum absolute atomic E-state index is 0. The van der Waals surface area contributed by atoms with Gasteiger partial charge >= 0.3 is 23.1 Å². The van der Waals surface area contributed by atoms with Gasteiger partial charge in [0.25, 0.3) is 0 Å². The molecule has 0 saturated carbocycles. The fraction of sp³-hybridized carbons (Fsp3) is 0. The van der Waals surface area contributed by atoms with Crippen LogP contribution in [0.4, 0.5) is 5.82 Å². The molecule has 0 aliphatic heterocycles. The maximum absolute atomic E-state index is 5.19. The van der Waals surface area contributed by atoms with E-state index in [2.05, 4.69) is 11.1 Å². The Morgan fingerprint density at radius 2 is 2.22 bits per heavy atom. The fourth-order valence-electron chi connectivity index (χ4n) is 0.337. The molecule has 0 spiro atoms. The third-order valence-corrected chi connectivity index (χ3v) is 0.627. The molecule has 44 valence electrons. The molecule has 0 aliphatic carbocycles. The number of pyridine rings is 1. The summed E-state index contributed by atoms with van der Waals surface area (Å²) in [6.45, 7) is 0. The fourth-order valence-corrected chi connectivity index (χ4v) is 0.337. The molecule has 0 radical (unpaired) electrons. The van der Waals surface area contributed by atoms with Crippen LogP contribution in [-0.2, 0) is 0 Å². The van der Waals surface area contributed by atoms with Crippen molar-refractivity contribution in [2.45, 2.75) is 0 Å². The normalized spacial score (nSPS) is 6.67. The topological polar surface area (TPSA) is 38.9 Å². The number of nitrogens with zero attached hydrogens (tertiary/aromatic N) is 1. The number of hydrogen-bond acceptors (Lipinski definition) is 2. The summed E-state index contributed by atoms with van der Waals surface area (Å²) in [5.74, 6) is 0.447. The molecule has 1 rings (SSSR count). The summed E-state index contributed by atoms with van der Waals surface area (Å²) in [5, 5.41) is 0. The van der Waals surface area contributed by atoms with Crippen molar-refractivity contribution in [1.29, 1.82) is 0 Å². The van der Waals surface area contributed by atoms with Crippen molar-refractivity contribution >= 4 is 28.9 Å². The van der Waals surface area contributed by atoms with E-state index in [1.54, 1.807) is 18.3 Å². The molecule has 1 aromatic rings. The van der Waals surface area contributed by atoms with E-state index >= 15 is 0 Å². The van der Waals surface area contributed by atoms with Crippen molar-refractivity contribution in [3.05, 3.63) is 24.4 Å². The number of aromatic nitrogens is 1. The van der Waals surface area contributed by atoms with Crippen LogP contribution in [0.3, 0.4) is 0 Å². The first-order valence-electron chi connectivity index (χ1n) is 1.98. The van der Waals surface area contributed by atoms with Crippen molar-refractivity contribution in [1.82, 2.24) is 4.98 Å². The first-order chi connectivity index (χ1) is 3.39. The van der Waals surface area contributed by atoms with Crippen molar-refractivity contribution in [3.8, 4) is 0 Å². The predicted molar refractivity (Wildman–Crippen MR) is 33.2 cm³/mol. The summed E-state index contributed by atoms with van der Waals surface area (Å²) < 4.78 is 0. The van der Waals surface area contributed by atoms with Gasteiger partial charge in [0.15, 0.2) is 0 Å². The van der Waals surface area contributed by atoms with Gasteiger partial charge in [-0.2, -0.15) is 6.07 Å². The molecule has 0 aliphatic rings. The number of rotatable bonds is 0. The predicted octanol–water partition coefficient (Wildman–Crippen LogP) is -2.91. The van der Waals surface area contributed by atoms with Gasteiger partial charge in [-0.15, -0.1) is 0 Å². The van der Waals surface area contributed by atoms with Crippen molar-refractivity contribution in [3.63, 3.8) is 0 Å². The van der Waals surface area contributed by atoms with Crippen LogP contribution in [0, 0.1) is 6.07 Å². The van der Waals surface area contributed by atoms with Gasteiger partial charge < -0.3 is 22.7 Å². The van der Waals surface area contributed by atoms with Crippen LogP contribution in [-0.4, -0.2) is 28.0 Å². The van der Waals surface area contributed by atoms with Crippen molar-refractivity contribution in [2.75, 3.05) is 5.73 Å². The third kappa shape index (κ3) is 4.68. The molecule has 0 atom stereocenters. The first-order valence-corrected chi connectivity index (χ1v) is 1.98. The van der Waals surface area contributed by atoms with Gasteiger partial charge in [0, 0.05) is 5.82 Å². The Kier molecular flexibility index (Phi) is 8.37. The van der Waals surface area contributed by atoms with E-state index in [4.69, 9.17) is 5.73 Å². The molecule has 0 fully saturated rings. The monoisotopic (exact) mass is 196 g/mol. The van der Waals surface area contributed by atoms with E-state index < -0.39 is 0 Å². The number of hydrogen-bond donors (Lipinski definition) is 1. The molecule has 1 heterocycles. The van der Waals surface area contributed by atoms with E-state index in [1.807, 2.05) is 0 Å². The van der Waals surface area contributed by atoms with Crippen LogP contribution < -0.4 is 22.7 Å². The molecule has 0 unspecified atom stereocenters. The Balaban J connectivity index is 0. The standard InChI is InChI=1S/C5H5N2.BrH.Mg/c6-5-3-1-2-4-7-5;;/h1-2,4H,(H2,6,7);1H;/q-1;;+2/p-1. The van der Waals surface area contributed by atoms with Gasteiger partial charge in [-0.25, -0.2) is 12.1 Å². The van der Waals surface area contributed by atoms with Gasteiger partial charge in [-0.3, -0.25) is 4.98 Å². The van der Waals surface area contributed by atoms with E-state index in [-0.39, 0.29) is 40.0 Å². The molecule has 1 aromatic heterocycles. The van der Waals surface area contributed by atoms with Crippen LogP contribution in [0.15, 0.2) is 18.3 Å². The summed E-state index contributed by atoms with van der Waals surface area (Å²) in [7, 11) is 0. The molecule has 2 N–H and O–H groups in total. The number of halogens is 1. The molecule has 4 heteroatoms. The Morgan fingerprint density at radius 1 is 1.56 bits per heavy atom. The van der Waals surface area contributed by atoms with Gasteiger partial charge in [0.05, 0.1) is 0 Å². The average molecular weight is 197 g/mol. The Bertz CT molecular complexity index is 145. The van der Waals surface area contributed by atoms with E-state index in [0.717, 1.165) is 0 Å². The van der Waals surface area contributed by atoms with Gasteiger partial charge in [-0.1, -0.05) is 6.20 Å². The molecular formula is C5H5BrMgN2. The average Bonchev–Trinajstić information content (AvgIpc) is 1.69. The smallest absolute Gasteiger partial charge is 1.00 e. The van der Waals surface area contributed by atoms with Crippen LogP contribution in [0.25, 0.3) is 0 Å². The summed E-state index contributed by atoms with van der Waals surface area (Å²) in [6, 6.07) is 6.20. The molecular weight excluding hydrogens is 192 g/mol. The maximum atomic E-state index is 5.19. The van der Waals surface area contributed by atoms with Crippen LogP contribution in [0.2, 0.25) is 0 Å². The summed E-state index contributed by atoms with van der Waals surface area (Å²) in [6.07, 6.45) is 1.63. The van der Waals surface area contributed by atoms with E-state index in [1.165, 1.54) is 0 Å². The van der Waals surface area contributed by atoms with Crippen LogP contribution in [0.5, 0.6) is 0 Å². The summed E-state index contributed by atoms with van der Waals surface area (Å²) in [5.41, 5.74) is 5.19. The third-order valence-electron chi connectivity index (χ3n) is 0.627. The number of nitrogen functional groups attached to an aromatic ring is 1. The van der Waals surface area contributed by atoms with Gasteiger partial charge in [0.2, 0.25) is 0 Å². The largest absolute Gasteiger partial charge is 2.00 e. The van der Waals surface area contributed by atoms with Gasteiger partial charge in [0.1, 0.15) is 0 Å². The minimum atomic E-state index is 0. The second-order valence-electron chi connectivity index (χ2n) is 1.17. The second kappa shape index (κ2) is 6.32.